The monoisotopic (exact) mass is 372 g/mol. The van der Waals surface area contributed by atoms with Crippen LogP contribution in [0.25, 0.3) is 0 Å². The third-order valence-corrected chi connectivity index (χ3v) is 4.97. The number of carbonyl (C=O) groups is 1. The number of hydrogen-bond acceptors (Lipinski definition) is 3. The van der Waals surface area contributed by atoms with Gasteiger partial charge in [-0.25, -0.2) is 0 Å². The van der Waals surface area contributed by atoms with E-state index in [-0.39, 0.29) is 12.0 Å². The van der Waals surface area contributed by atoms with Gasteiger partial charge in [0.05, 0.1) is 22.8 Å². The zero-order valence-corrected chi connectivity index (χ0v) is 15.9. The number of rotatable bonds is 8. The van der Waals surface area contributed by atoms with Crippen LogP contribution in [0.1, 0.15) is 24.8 Å². The Morgan fingerprint density at radius 3 is 2.83 bits per heavy atom. The summed E-state index contributed by atoms with van der Waals surface area (Å²) in [4.78, 5) is 16.3. The normalized spacial score (nSPS) is 17.7. The quantitative estimate of drug-likeness (QED) is 0.699. The van der Waals surface area contributed by atoms with Gasteiger partial charge < -0.3 is 14.5 Å². The first-order valence-electron chi connectivity index (χ1n) is 8.43. The maximum absolute atomic E-state index is 12.3. The van der Waals surface area contributed by atoms with Gasteiger partial charge in [-0.05, 0) is 51.1 Å². The maximum atomic E-state index is 12.3. The Hall–Kier alpha value is -0.810. The minimum absolute atomic E-state index is 0.184. The van der Waals surface area contributed by atoms with Crippen molar-refractivity contribution < 1.29 is 9.53 Å². The smallest absolute Gasteiger partial charge is 0.222 e. The third kappa shape index (κ3) is 6.25. The van der Waals surface area contributed by atoms with Crippen molar-refractivity contribution in [1.29, 1.82) is 0 Å². The van der Waals surface area contributed by atoms with Crippen molar-refractivity contribution in [2.24, 2.45) is 0 Å². The molecule has 0 spiro atoms. The number of halogens is 2. The van der Waals surface area contributed by atoms with Crippen molar-refractivity contribution in [1.82, 2.24) is 9.80 Å². The number of carbonyl (C=O) groups excluding carboxylic acids is 1. The minimum atomic E-state index is 0.184. The first-order chi connectivity index (χ1) is 11.5. The molecule has 0 saturated carbocycles. The molecule has 0 aliphatic carbocycles. The Labute approximate surface area is 154 Å². The summed E-state index contributed by atoms with van der Waals surface area (Å²) in [5.41, 5.74) is 1.11. The molecule has 2 rings (SSSR count). The van der Waals surface area contributed by atoms with Crippen molar-refractivity contribution in [3.63, 3.8) is 0 Å². The van der Waals surface area contributed by atoms with Gasteiger partial charge in [0.25, 0.3) is 0 Å². The number of amides is 1. The summed E-state index contributed by atoms with van der Waals surface area (Å²) < 4.78 is 5.83. The number of ether oxygens (including phenoxy) is 1. The molecule has 0 N–H and O–H groups in total. The van der Waals surface area contributed by atoms with Crippen LogP contribution in [0.4, 0.5) is 0 Å². The van der Waals surface area contributed by atoms with Gasteiger partial charge in [0.15, 0.2) is 0 Å². The Morgan fingerprint density at radius 2 is 2.12 bits per heavy atom. The van der Waals surface area contributed by atoms with Crippen LogP contribution >= 0.6 is 23.2 Å². The van der Waals surface area contributed by atoms with Crippen molar-refractivity contribution in [3.8, 4) is 0 Å². The lowest BCUT2D eigenvalue weighted by Gasteiger charge is -2.17. The number of likely N-dealkylation sites (tertiary alicyclic amines) is 1. The van der Waals surface area contributed by atoms with Gasteiger partial charge in [0.2, 0.25) is 5.91 Å². The lowest BCUT2D eigenvalue weighted by molar-refractivity contribution is -0.130. The summed E-state index contributed by atoms with van der Waals surface area (Å²) in [6.07, 6.45) is 3.33. The van der Waals surface area contributed by atoms with E-state index in [4.69, 9.17) is 27.9 Å². The van der Waals surface area contributed by atoms with Crippen molar-refractivity contribution in [3.05, 3.63) is 33.8 Å². The van der Waals surface area contributed by atoms with E-state index in [0.717, 1.165) is 51.1 Å². The van der Waals surface area contributed by atoms with Crippen LogP contribution in [0.2, 0.25) is 10.0 Å². The fourth-order valence-corrected chi connectivity index (χ4v) is 3.11. The van der Waals surface area contributed by atoms with Crippen LogP contribution in [-0.4, -0.2) is 62.1 Å². The van der Waals surface area contributed by atoms with Crippen molar-refractivity contribution in [2.75, 3.05) is 40.3 Å². The molecule has 0 bridgehead atoms. The summed E-state index contributed by atoms with van der Waals surface area (Å²) in [6.45, 7) is 3.16. The molecule has 1 saturated heterocycles. The van der Waals surface area contributed by atoms with Crippen molar-refractivity contribution in [2.45, 2.75) is 31.8 Å². The van der Waals surface area contributed by atoms with Crippen LogP contribution < -0.4 is 0 Å². The van der Waals surface area contributed by atoms with E-state index in [1.807, 2.05) is 31.1 Å². The lowest BCUT2D eigenvalue weighted by Crippen LogP contribution is -2.30. The van der Waals surface area contributed by atoms with E-state index in [9.17, 15) is 4.79 Å². The van der Waals surface area contributed by atoms with E-state index in [1.165, 1.54) is 0 Å². The second kappa shape index (κ2) is 9.62. The van der Waals surface area contributed by atoms with Gasteiger partial charge in [0, 0.05) is 26.1 Å². The topological polar surface area (TPSA) is 32.8 Å². The molecule has 1 aromatic carbocycles. The summed E-state index contributed by atoms with van der Waals surface area (Å²) >= 11 is 11.9. The van der Waals surface area contributed by atoms with E-state index in [1.54, 1.807) is 6.07 Å². The summed E-state index contributed by atoms with van der Waals surface area (Å²) in [5, 5.41) is 1.13. The molecule has 1 heterocycles. The molecular weight excluding hydrogens is 347 g/mol. The fourth-order valence-electron chi connectivity index (χ4n) is 2.79. The van der Waals surface area contributed by atoms with Crippen LogP contribution in [0, 0.1) is 0 Å². The van der Waals surface area contributed by atoms with Gasteiger partial charge in [-0.3, -0.25) is 4.79 Å². The molecule has 1 amide bonds. The Bertz CT molecular complexity index is 552. The standard InChI is InChI=1S/C18H26Cl2N2O2/c1-21(2)10-11-24-15-8-9-22(13-15)18(23)5-3-4-14-6-7-16(19)17(20)12-14/h6-7,12,15H,3-5,8-11,13H2,1-2H3. The van der Waals surface area contributed by atoms with E-state index >= 15 is 0 Å². The predicted molar refractivity (Wildman–Crippen MR) is 98.9 cm³/mol. The van der Waals surface area contributed by atoms with Crippen LogP contribution in [0.15, 0.2) is 18.2 Å². The zero-order valence-electron chi connectivity index (χ0n) is 14.4. The Kier molecular flexibility index (Phi) is 7.82. The number of hydrogen-bond donors (Lipinski definition) is 0. The maximum Gasteiger partial charge on any atom is 0.222 e. The highest BCUT2D eigenvalue weighted by Gasteiger charge is 2.26. The minimum Gasteiger partial charge on any atom is -0.375 e. The summed E-state index contributed by atoms with van der Waals surface area (Å²) in [7, 11) is 4.06. The molecule has 1 atom stereocenters. The molecule has 0 aromatic heterocycles. The summed E-state index contributed by atoms with van der Waals surface area (Å²) in [6, 6.07) is 5.64. The van der Waals surface area contributed by atoms with Crippen LogP contribution in [-0.2, 0) is 16.0 Å². The second-order valence-electron chi connectivity index (χ2n) is 6.53. The molecule has 134 valence electrons. The van der Waals surface area contributed by atoms with E-state index in [2.05, 4.69) is 4.90 Å². The van der Waals surface area contributed by atoms with E-state index < -0.39 is 0 Å². The van der Waals surface area contributed by atoms with Gasteiger partial charge in [-0.1, -0.05) is 29.3 Å². The number of likely N-dealkylation sites (N-methyl/N-ethyl adjacent to an activating group) is 1. The molecule has 6 heteroatoms. The van der Waals surface area contributed by atoms with Crippen LogP contribution in [0.3, 0.4) is 0 Å². The van der Waals surface area contributed by atoms with Crippen molar-refractivity contribution >= 4 is 29.1 Å². The van der Waals surface area contributed by atoms with Gasteiger partial charge in [0.1, 0.15) is 0 Å². The van der Waals surface area contributed by atoms with Crippen LogP contribution in [0.5, 0.6) is 0 Å². The highest BCUT2D eigenvalue weighted by Crippen LogP contribution is 2.23. The first-order valence-corrected chi connectivity index (χ1v) is 9.19. The zero-order chi connectivity index (χ0) is 17.5. The second-order valence-corrected chi connectivity index (χ2v) is 7.34. The SMILES string of the molecule is CN(C)CCOC1CCN(C(=O)CCCc2ccc(Cl)c(Cl)c2)C1. The molecule has 1 aliphatic rings. The lowest BCUT2D eigenvalue weighted by atomic mass is 10.1. The van der Waals surface area contributed by atoms with Gasteiger partial charge >= 0.3 is 0 Å². The molecule has 0 radical (unpaired) electrons. The summed E-state index contributed by atoms with van der Waals surface area (Å²) in [5.74, 6) is 0.216. The van der Waals surface area contributed by atoms with E-state index in [0.29, 0.717) is 16.5 Å². The average molecular weight is 373 g/mol. The number of nitrogens with zero attached hydrogens (tertiary/aromatic N) is 2. The highest BCUT2D eigenvalue weighted by atomic mass is 35.5. The average Bonchev–Trinajstić information content (AvgIpc) is 2.99. The fraction of sp³-hybridized carbons (Fsp3) is 0.611. The molecule has 1 aromatic rings. The number of aryl methyl sites for hydroxylation is 1. The number of benzene rings is 1. The molecular formula is C18H26Cl2N2O2. The van der Waals surface area contributed by atoms with Gasteiger partial charge in [-0.2, -0.15) is 0 Å². The molecule has 4 nitrogen and oxygen atoms in total. The molecule has 1 aliphatic heterocycles. The molecule has 1 unspecified atom stereocenters. The predicted octanol–water partition coefficient (Wildman–Crippen LogP) is 3.50. The molecule has 1 fully saturated rings. The Morgan fingerprint density at radius 1 is 1.33 bits per heavy atom. The first kappa shape index (κ1) is 19.5. The highest BCUT2D eigenvalue weighted by molar-refractivity contribution is 6.42. The third-order valence-electron chi connectivity index (χ3n) is 4.23. The Balaban J connectivity index is 1.66. The largest absolute Gasteiger partial charge is 0.375 e. The molecule has 24 heavy (non-hydrogen) atoms. The van der Waals surface area contributed by atoms with Gasteiger partial charge in [-0.15, -0.1) is 0 Å².